The summed E-state index contributed by atoms with van der Waals surface area (Å²) in [6.07, 6.45) is 16.8. The van der Waals surface area contributed by atoms with Crippen LogP contribution in [-0.4, -0.2) is 6.04 Å². The number of nitrogens with zero attached hydrogens (tertiary/aromatic N) is 2. The molecule has 0 bridgehead atoms. The molecule has 2 nitrogen and oxygen atoms in total. The van der Waals surface area contributed by atoms with E-state index in [4.69, 9.17) is 0 Å². The Balaban J connectivity index is 1.10. The van der Waals surface area contributed by atoms with Gasteiger partial charge in [0, 0.05) is 28.4 Å². The Bertz CT molecular complexity index is 2350. The van der Waals surface area contributed by atoms with Crippen molar-refractivity contribution in [2.24, 2.45) is 0 Å². The van der Waals surface area contributed by atoms with Gasteiger partial charge in [-0.05, 0) is 130 Å². The molecule has 0 N–H and O–H groups in total. The molecule has 7 rings (SSSR count). The molecule has 1 aliphatic rings. The van der Waals surface area contributed by atoms with Gasteiger partial charge < -0.3 is 9.80 Å². The second-order valence-electron chi connectivity index (χ2n) is 14.7. The Hall–Kier alpha value is -6.12. The molecule has 0 saturated heterocycles. The molecule has 1 atom stereocenters. The van der Waals surface area contributed by atoms with E-state index in [0.717, 1.165) is 23.4 Å². The van der Waals surface area contributed by atoms with Crippen LogP contribution >= 0.6 is 0 Å². The molecule has 0 aromatic heterocycles. The predicted octanol–water partition coefficient (Wildman–Crippen LogP) is 14.5. The van der Waals surface area contributed by atoms with Crippen LogP contribution in [0, 0.1) is 34.6 Å². The second kappa shape index (κ2) is 16.3. The molecule has 1 unspecified atom stereocenters. The zero-order valence-electron chi connectivity index (χ0n) is 32.4. The number of anilines is 5. The van der Waals surface area contributed by atoms with Gasteiger partial charge in [0.1, 0.15) is 0 Å². The van der Waals surface area contributed by atoms with Crippen LogP contribution in [0.3, 0.4) is 0 Å². The fourth-order valence-corrected chi connectivity index (χ4v) is 7.34. The Morgan fingerprint density at radius 1 is 0.481 bits per heavy atom. The van der Waals surface area contributed by atoms with Crippen LogP contribution in [0.5, 0.6) is 0 Å². The molecule has 54 heavy (non-hydrogen) atoms. The second-order valence-corrected chi connectivity index (χ2v) is 14.7. The number of hydrogen-bond acceptors (Lipinski definition) is 2. The molecule has 268 valence electrons. The zero-order chi connectivity index (χ0) is 37.6. The highest BCUT2D eigenvalue weighted by Gasteiger charge is 2.21. The maximum atomic E-state index is 2.48. The number of hydrogen-bond donors (Lipinski definition) is 0. The molecular formula is C52H50N2. The van der Waals surface area contributed by atoms with E-state index in [1.54, 1.807) is 0 Å². The number of aryl methyl sites for hydroxylation is 5. The van der Waals surface area contributed by atoms with E-state index in [0.29, 0.717) is 0 Å². The predicted molar refractivity (Wildman–Crippen MR) is 235 cm³/mol. The standard InChI is InChI=1S/C52H50N2/c1-37-11-25-47(26-12-37)53(51-33-15-39(3)35-41(51)5)49-29-19-43(20-30-49)17-23-45-9-7-8-10-46(45)24-18-44-21-31-50(32-22-44)54(48-27-13-38(2)14-28-48)52-34-16-40(4)36-42(52)6/h7-27,29-36,48H,28H2,1-6H3. The number of benzene rings is 6. The van der Waals surface area contributed by atoms with E-state index in [-0.39, 0.29) is 6.04 Å². The third-order valence-electron chi connectivity index (χ3n) is 10.3. The quantitative estimate of drug-likeness (QED) is 0.131. The molecule has 0 amide bonds. The lowest BCUT2D eigenvalue weighted by atomic mass is 9.99. The first-order valence-electron chi connectivity index (χ1n) is 19.0. The van der Waals surface area contributed by atoms with Crippen molar-refractivity contribution in [1.82, 2.24) is 0 Å². The summed E-state index contributed by atoms with van der Waals surface area (Å²) in [5, 5.41) is 0. The SMILES string of the molecule is CC1=CCC(N(c2ccc(C=Cc3ccccc3C=Cc3ccc(N(c4ccc(C)cc4)c4ccc(C)cc4C)cc3)cc2)c2ccc(C)cc2C)C=C1. The average Bonchev–Trinajstić information content (AvgIpc) is 3.18. The summed E-state index contributed by atoms with van der Waals surface area (Å²) in [6, 6.07) is 48.9. The fraction of sp³-hybridized carbons (Fsp3) is 0.154. The van der Waals surface area contributed by atoms with Gasteiger partial charge in [-0.1, -0.05) is 150 Å². The molecule has 6 aromatic carbocycles. The van der Waals surface area contributed by atoms with Gasteiger partial charge >= 0.3 is 0 Å². The Morgan fingerprint density at radius 2 is 0.963 bits per heavy atom. The van der Waals surface area contributed by atoms with Gasteiger partial charge in [0.25, 0.3) is 0 Å². The van der Waals surface area contributed by atoms with Crippen LogP contribution in [0.1, 0.15) is 63.4 Å². The van der Waals surface area contributed by atoms with Crippen molar-refractivity contribution in [3.8, 4) is 0 Å². The highest BCUT2D eigenvalue weighted by molar-refractivity contribution is 5.82. The molecule has 0 saturated carbocycles. The van der Waals surface area contributed by atoms with Crippen LogP contribution < -0.4 is 9.80 Å². The summed E-state index contributed by atoms with van der Waals surface area (Å²) in [5.74, 6) is 0. The molecule has 0 radical (unpaired) electrons. The minimum absolute atomic E-state index is 0.274. The topological polar surface area (TPSA) is 6.48 Å². The first-order chi connectivity index (χ1) is 26.2. The fourth-order valence-electron chi connectivity index (χ4n) is 7.34. The van der Waals surface area contributed by atoms with Crippen LogP contribution in [0.2, 0.25) is 0 Å². The monoisotopic (exact) mass is 702 g/mol. The van der Waals surface area contributed by atoms with Crippen molar-refractivity contribution in [3.05, 3.63) is 207 Å². The van der Waals surface area contributed by atoms with E-state index < -0.39 is 0 Å². The Kier molecular flexibility index (Phi) is 10.9. The smallest absolute Gasteiger partial charge is 0.0560 e. The molecule has 6 aromatic rings. The lowest BCUT2D eigenvalue weighted by molar-refractivity contribution is 0.777. The lowest BCUT2D eigenvalue weighted by Crippen LogP contribution is -2.30. The summed E-state index contributed by atoms with van der Waals surface area (Å²) >= 11 is 0. The van der Waals surface area contributed by atoms with Crippen LogP contribution in [-0.2, 0) is 0 Å². The highest BCUT2D eigenvalue weighted by Crippen LogP contribution is 2.38. The van der Waals surface area contributed by atoms with Crippen molar-refractivity contribution in [3.63, 3.8) is 0 Å². The maximum absolute atomic E-state index is 2.48. The minimum Gasteiger partial charge on any atom is -0.334 e. The Morgan fingerprint density at radius 3 is 1.46 bits per heavy atom. The molecule has 0 heterocycles. The molecule has 0 fully saturated rings. The van der Waals surface area contributed by atoms with Gasteiger partial charge in [-0.3, -0.25) is 0 Å². The average molecular weight is 703 g/mol. The van der Waals surface area contributed by atoms with E-state index >= 15 is 0 Å². The first-order valence-corrected chi connectivity index (χ1v) is 19.0. The van der Waals surface area contributed by atoms with E-state index in [9.17, 15) is 0 Å². The largest absolute Gasteiger partial charge is 0.334 e. The summed E-state index contributed by atoms with van der Waals surface area (Å²) < 4.78 is 0. The van der Waals surface area contributed by atoms with Gasteiger partial charge in [0.2, 0.25) is 0 Å². The zero-order valence-corrected chi connectivity index (χ0v) is 32.4. The van der Waals surface area contributed by atoms with Crippen LogP contribution in [0.4, 0.5) is 28.4 Å². The first kappa shape index (κ1) is 36.2. The number of allylic oxidation sites excluding steroid dienone is 2. The molecule has 0 spiro atoms. The van der Waals surface area contributed by atoms with Crippen molar-refractivity contribution < 1.29 is 0 Å². The maximum Gasteiger partial charge on any atom is 0.0560 e. The minimum atomic E-state index is 0.274. The third kappa shape index (κ3) is 8.40. The van der Waals surface area contributed by atoms with E-state index in [2.05, 4.69) is 227 Å². The van der Waals surface area contributed by atoms with Crippen molar-refractivity contribution in [1.29, 1.82) is 0 Å². The summed E-state index contributed by atoms with van der Waals surface area (Å²) in [7, 11) is 0. The molecular weight excluding hydrogens is 653 g/mol. The van der Waals surface area contributed by atoms with Crippen molar-refractivity contribution >= 4 is 52.7 Å². The third-order valence-corrected chi connectivity index (χ3v) is 10.3. The summed E-state index contributed by atoms with van der Waals surface area (Å²) in [6.45, 7) is 13.0. The van der Waals surface area contributed by atoms with Crippen molar-refractivity contribution in [2.75, 3.05) is 9.80 Å². The van der Waals surface area contributed by atoms with Gasteiger partial charge in [-0.25, -0.2) is 0 Å². The van der Waals surface area contributed by atoms with Crippen LogP contribution in [0.15, 0.2) is 157 Å². The Labute approximate surface area is 322 Å². The summed E-state index contributed by atoms with van der Waals surface area (Å²) in [4.78, 5) is 4.83. The van der Waals surface area contributed by atoms with Crippen molar-refractivity contribution in [2.45, 2.75) is 54.0 Å². The van der Waals surface area contributed by atoms with Gasteiger partial charge in [0.15, 0.2) is 0 Å². The van der Waals surface area contributed by atoms with Gasteiger partial charge in [-0.2, -0.15) is 0 Å². The van der Waals surface area contributed by atoms with Gasteiger partial charge in [-0.15, -0.1) is 0 Å². The highest BCUT2D eigenvalue weighted by atomic mass is 15.2. The van der Waals surface area contributed by atoms with E-state index in [1.807, 2.05) is 0 Å². The van der Waals surface area contributed by atoms with Crippen LogP contribution in [0.25, 0.3) is 24.3 Å². The summed E-state index contributed by atoms with van der Waals surface area (Å²) in [5.41, 5.74) is 18.3. The van der Waals surface area contributed by atoms with E-state index in [1.165, 1.54) is 67.1 Å². The van der Waals surface area contributed by atoms with Gasteiger partial charge in [0.05, 0.1) is 6.04 Å². The molecule has 0 aliphatic heterocycles. The normalized spacial score (nSPS) is 14.1. The molecule has 1 aliphatic carbocycles. The lowest BCUT2D eigenvalue weighted by Gasteiger charge is -2.34. The number of rotatable bonds is 10. The molecule has 2 heteroatoms.